The molecule has 14 heteroatoms. The van der Waals surface area contributed by atoms with E-state index in [0.717, 1.165) is 16.5 Å². The maximum absolute atomic E-state index is 13.3. The quantitative estimate of drug-likeness (QED) is 0.181. The normalized spacial score (nSPS) is 14.2. The van der Waals surface area contributed by atoms with Gasteiger partial charge in [-0.3, -0.25) is 14.0 Å². The van der Waals surface area contributed by atoms with E-state index in [4.69, 9.17) is 9.47 Å². The van der Waals surface area contributed by atoms with Gasteiger partial charge >= 0.3 is 6.18 Å². The zero-order valence-corrected chi connectivity index (χ0v) is 27.6. The van der Waals surface area contributed by atoms with Crippen LogP contribution in [0.3, 0.4) is 0 Å². The summed E-state index contributed by atoms with van der Waals surface area (Å²) in [5.41, 5.74) is 3.45. The second-order valence-corrected chi connectivity index (χ2v) is 13.8. The monoisotopic (exact) mass is 693 g/mol. The number of carbonyl (C=O) groups is 1. The minimum atomic E-state index is -4.39. The molecular formula is C35H34F3N5O5S. The lowest BCUT2D eigenvalue weighted by Crippen LogP contribution is -2.48. The first-order valence-electron chi connectivity index (χ1n) is 15.5. The van der Waals surface area contributed by atoms with Gasteiger partial charge in [0.25, 0.3) is 15.9 Å². The third kappa shape index (κ3) is 8.15. The number of aromatic nitrogens is 2. The number of aromatic amines is 1. The molecular weight excluding hydrogens is 659 g/mol. The van der Waals surface area contributed by atoms with E-state index >= 15 is 0 Å². The highest BCUT2D eigenvalue weighted by molar-refractivity contribution is 7.92. The number of nitrogens with zero attached hydrogens (tertiary/aromatic N) is 4. The van der Waals surface area contributed by atoms with Gasteiger partial charge in [-0.1, -0.05) is 29.8 Å². The minimum Gasteiger partial charge on any atom is -0.484 e. The predicted octanol–water partition coefficient (Wildman–Crippen LogP) is 6.39. The van der Waals surface area contributed by atoms with Crippen LogP contribution in [0.15, 0.2) is 96.0 Å². The molecule has 1 saturated heterocycles. The number of carbonyl (C=O) groups excluding carboxylic acids is 1. The van der Waals surface area contributed by atoms with Crippen LogP contribution in [0.1, 0.15) is 21.6 Å². The molecule has 6 rings (SSSR count). The topological polar surface area (TPSA) is 108 Å². The van der Waals surface area contributed by atoms with E-state index in [2.05, 4.69) is 14.9 Å². The van der Waals surface area contributed by atoms with Gasteiger partial charge in [-0.25, -0.2) is 13.4 Å². The highest BCUT2D eigenvalue weighted by Crippen LogP contribution is 2.28. The van der Waals surface area contributed by atoms with Crippen molar-refractivity contribution in [2.75, 3.05) is 44.1 Å². The maximum atomic E-state index is 13.3. The first kappa shape index (κ1) is 33.8. The molecule has 10 nitrogen and oxygen atoms in total. The van der Waals surface area contributed by atoms with Gasteiger partial charge in [-0.2, -0.15) is 13.2 Å². The molecule has 3 aromatic carbocycles. The third-order valence-electron chi connectivity index (χ3n) is 8.20. The first-order valence-corrected chi connectivity index (χ1v) is 16.9. The number of ether oxygens (including phenoxy) is 2. The molecule has 0 atom stereocenters. The van der Waals surface area contributed by atoms with E-state index in [1.165, 1.54) is 29.7 Å². The summed E-state index contributed by atoms with van der Waals surface area (Å²) in [4.78, 5) is 25.0. The number of aryl methyl sites for hydroxylation is 1. The Labute approximate surface area is 281 Å². The molecule has 49 heavy (non-hydrogen) atoms. The van der Waals surface area contributed by atoms with Crippen LogP contribution in [0.25, 0.3) is 10.9 Å². The third-order valence-corrected chi connectivity index (χ3v) is 10.0. The Hall–Kier alpha value is -5.08. The highest BCUT2D eigenvalue weighted by Gasteiger charge is 2.28. The molecule has 0 radical (unpaired) electrons. The Bertz CT molecular complexity index is 2030. The maximum Gasteiger partial charge on any atom is 0.422 e. The number of nitrogens with one attached hydrogen (secondary N) is 1. The number of sulfonamides is 1. The van der Waals surface area contributed by atoms with Crippen molar-refractivity contribution in [3.05, 3.63) is 108 Å². The van der Waals surface area contributed by atoms with Crippen LogP contribution in [0.4, 0.5) is 18.9 Å². The summed E-state index contributed by atoms with van der Waals surface area (Å²) in [6.07, 6.45) is -2.96. The zero-order valence-electron chi connectivity index (χ0n) is 26.8. The minimum absolute atomic E-state index is 0.119. The number of amides is 1. The number of anilines is 1. The molecule has 1 aliphatic rings. The number of rotatable bonds is 10. The molecule has 1 fully saturated rings. The molecule has 0 aliphatic carbocycles. The SMILES string of the molecule is Cc1ccc(S(=O)(=O)N(C)c2ccc(Oc3ccc4cc(C(=O)N5CCN(Cc6ccc(OCC(F)(F)F)cc6)CC5)[nH]c4c3)nc2)cc1. The van der Waals surface area contributed by atoms with Gasteiger partial charge in [-0.15, -0.1) is 0 Å². The van der Waals surface area contributed by atoms with Crippen LogP contribution < -0.4 is 13.8 Å². The van der Waals surface area contributed by atoms with Gasteiger partial charge in [0.05, 0.1) is 16.8 Å². The van der Waals surface area contributed by atoms with Crippen LogP contribution in [0.5, 0.6) is 17.4 Å². The largest absolute Gasteiger partial charge is 0.484 e. The van der Waals surface area contributed by atoms with Crippen LogP contribution in [0.2, 0.25) is 0 Å². The Morgan fingerprint density at radius 2 is 1.61 bits per heavy atom. The standard InChI is InChI=1S/C35H34F3N5O5S/c1-24-3-12-30(13-4-24)49(45,46)41(2)27-8-14-33(39-21-27)48-29-11-7-26-19-32(40-31(26)20-29)34(44)43-17-15-42(16-18-43)22-25-5-9-28(10-6-25)47-23-35(36,37)38/h3-14,19-21,40H,15-18,22-23H2,1-2H3. The summed E-state index contributed by atoms with van der Waals surface area (Å²) in [5.74, 6) is 0.807. The number of piperazine rings is 1. The van der Waals surface area contributed by atoms with Gasteiger partial charge in [-0.05, 0) is 61.0 Å². The summed E-state index contributed by atoms with van der Waals surface area (Å²) in [5, 5.41) is 0.836. The fourth-order valence-electron chi connectivity index (χ4n) is 5.43. The van der Waals surface area contributed by atoms with Gasteiger partial charge in [0.15, 0.2) is 6.61 Å². The molecule has 0 bridgehead atoms. The van der Waals surface area contributed by atoms with Gasteiger partial charge in [0.1, 0.15) is 17.2 Å². The molecule has 256 valence electrons. The van der Waals surface area contributed by atoms with Crippen molar-refractivity contribution in [2.45, 2.75) is 24.5 Å². The van der Waals surface area contributed by atoms with Crippen molar-refractivity contribution in [3.63, 3.8) is 0 Å². The van der Waals surface area contributed by atoms with Crippen LogP contribution in [0, 0.1) is 6.92 Å². The lowest BCUT2D eigenvalue weighted by atomic mass is 10.2. The summed E-state index contributed by atoms with van der Waals surface area (Å²) in [7, 11) is -2.29. The lowest BCUT2D eigenvalue weighted by Gasteiger charge is -2.34. The van der Waals surface area contributed by atoms with Gasteiger partial charge in [0, 0.05) is 62.8 Å². The number of fused-ring (bicyclic) bond motifs is 1. The molecule has 1 amide bonds. The predicted molar refractivity (Wildman–Crippen MR) is 179 cm³/mol. The van der Waals surface area contributed by atoms with Crippen LogP contribution in [-0.2, 0) is 16.6 Å². The second-order valence-electron chi connectivity index (χ2n) is 11.8. The van der Waals surface area contributed by atoms with Crippen molar-refractivity contribution < 1.29 is 35.9 Å². The Morgan fingerprint density at radius 3 is 2.27 bits per heavy atom. The van der Waals surface area contributed by atoms with Crippen molar-refractivity contribution in [2.24, 2.45) is 0 Å². The van der Waals surface area contributed by atoms with Crippen molar-refractivity contribution >= 4 is 32.5 Å². The van der Waals surface area contributed by atoms with Crippen molar-refractivity contribution in [3.8, 4) is 17.4 Å². The zero-order chi connectivity index (χ0) is 34.8. The molecule has 1 aliphatic heterocycles. The van der Waals surface area contributed by atoms with E-state index < -0.39 is 22.8 Å². The number of H-pyrrole nitrogens is 1. The second kappa shape index (κ2) is 13.8. The van der Waals surface area contributed by atoms with Crippen molar-refractivity contribution in [1.82, 2.24) is 19.8 Å². The number of halogens is 3. The van der Waals surface area contributed by atoms with Gasteiger partial charge in [0.2, 0.25) is 5.88 Å². The van der Waals surface area contributed by atoms with E-state index in [9.17, 15) is 26.4 Å². The van der Waals surface area contributed by atoms with E-state index in [-0.39, 0.29) is 22.4 Å². The first-order chi connectivity index (χ1) is 23.3. The molecule has 0 unspecified atom stereocenters. The Kier molecular flexibility index (Phi) is 9.52. The van der Waals surface area contributed by atoms with Crippen molar-refractivity contribution in [1.29, 1.82) is 0 Å². The van der Waals surface area contributed by atoms with E-state index in [1.807, 2.05) is 13.0 Å². The van der Waals surface area contributed by atoms with E-state index in [1.54, 1.807) is 71.6 Å². The summed E-state index contributed by atoms with van der Waals surface area (Å²) in [6, 6.07) is 23.6. The van der Waals surface area contributed by atoms with E-state index in [0.29, 0.717) is 55.4 Å². The average Bonchev–Trinajstić information content (AvgIpc) is 3.51. The smallest absolute Gasteiger partial charge is 0.422 e. The molecule has 5 aromatic rings. The van der Waals surface area contributed by atoms with Crippen LogP contribution in [-0.4, -0.2) is 80.1 Å². The fraction of sp³-hybridized carbons (Fsp3) is 0.257. The molecule has 1 N–H and O–H groups in total. The van der Waals surface area contributed by atoms with Crippen LogP contribution >= 0.6 is 0 Å². The Balaban J connectivity index is 1.03. The fourth-order valence-corrected chi connectivity index (χ4v) is 6.61. The summed E-state index contributed by atoms with van der Waals surface area (Å²) >= 11 is 0. The number of hydrogen-bond donors (Lipinski definition) is 1. The number of hydrogen-bond acceptors (Lipinski definition) is 7. The summed E-state index contributed by atoms with van der Waals surface area (Å²) < 4.78 is 75.1. The Morgan fingerprint density at radius 1 is 0.918 bits per heavy atom. The summed E-state index contributed by atoms with van der Waals surface area (Å²) in [6.45, 7) is 3.52. The molecule has 0 spiro atoms. The number of benzene rings is 3. The molecule has 2 aromatic heterocycles. The van der Waals surface area contributed by atoms with Gasteiger partial charge < -0.3 is 19.4 Å². The average molecular weight is 694 g/mol. The highest BCUT2D eigenvalue weighted by atomic mass is 32.2. The number of pyridine rings is 1. The molecule has 0 saturated carbocycles. The molecule has 3 heterocycles. The lowest BCUT2D eigenvalue weighted by molar-refractivity contribution is -0.153. The number of alkyl halides is 3.